The Morgan fingerprint density at radius 3 is 2.06 bits per heavy atom. The minimum absolute atomic E-state index is 0.187. The summed E-state index contributed by atoms with van der Waals surface area (Å²) in [5.74, 6) is -4.49. The van der Waals surface area contributed by atoms with Crippen LogP contribution in [0, 0.1) is 24.4 Å². The van der Waals surface area contributed by atoms with Crippen molar-refractivity contribution in [3.05, 3.63) is 58.9 Å². The summed E-state index contributed by atoms with van der Waals surface area (Å²) in [5, 5.41) is 2.33. The largest absolute Gasteiger partial charge is 0.495 e. The molecule has 3 rings (SSSR count). The van der Waals surface area contributed by atoms with E-state index in [0.29, 0.717) is 11.5 Å². The Morgan fingerprint density at radius 1 is 1.00 bits per heavy atom. The summed E-state index contributed by atoms with van der Waals surface area (Å²) in [5.41, 5.74) is -1.03. The van der Waals surface area contributed by atoms with Crippen molar-refractivity contribution in [1.29, 1.82) is 0 Å². The zero-order chi connectivity index (χ0) is 24.7. The van der Waals surface area contributed by atoms with Crippen LogP contribution in [0.25, 0.3) is 0 Å². The second-order valence-electron chi connectivity index (χ2n) is 8.91. The number of ether oxygens (including phenoxy) is 1. The highest BCUT2D eigenvalue weighted by molar-refractivity contribution is 6.62. The van der Waals surface area contributed by atoms with Gasteiger partial charge in [-0.2, -0.15) is 0 Å². The Balaban J connectivity index is 1.88. The van der Waals surface area contributed by atoms with Gasteiger partial charge < -0.3 is 19.4 Å². The Kier molecular flexibility index (Phi) is 6.63. The van der Waals surface area contributed by atoms with Crippen molar-refractivity contribution in [2.75, 3.05) is 5.32 Å². The highest BCUT2D eigenvalue weighted by atomic mass is 19.1. The molecule has 33 heavy (non-hydrogen) atoms. The molecule has 1 amide bonds. The van der Waals surface area contributed by atoms with Crippen LogP contribution in [0.4, 0.5) is 18.9 Å². The summed E-state index contributed by atoms with van der Waals surface area (Å²) >= 11 is 0. The number of carbonyl (C=O) groups excluding carboxylic acids is 2. The first-order valence-electron chi connectivity index (χ1n) is 10.3. The number of rotatable bonds is 5. The van der Waals surface area contributed by atoms with Crippen LogP contribution in [-0.4, -0.2) is 30.2 Å². The maximum atomic E-state index is 15.2. The zero-order valence-electron chi connectivity index (χ0n) is 19.2. The van der Waals surface area contributed by atoms with Gasteiger partial charge in [-0.3, -0.25) is 9.59 Å². The van der Waals surface area contributed by atoms with E-state index in [1.165, 1.54) is 13.0 Å². The van der Waals surface area contributed by atoms with Crippen LogP contribution in [0.5, 0.6) is 0 Å². The third-order valence-electron chi connectivity index (χ3n) is 5.90. The lowest BCUT2D eigenvalue weighted by Gasteiger charge is -2.32. The Hall–Kier alpha value is -2.85. The van der Waals surface area contributed by atoms with Gasteiger partial charge in [0.25, 0.3) is 5.91 Å². The molecule has 6 nitrogen and oxygen atoms in total. The molecule has 1 fully saturated rings. The lowest BCUT2D eigenvalue weighted by atomic mass is 9.76. The van der Waals surface area contributed by atoms with Crippen LogP contribution in [0.1, 0.15) is 51.8 Å². The van der Waals surface area contributed by atoms with Crippen molar-refractivity contribution in [2.24, 2.45) is 0 Å². The SMILES string of the molecule is CC(=O)OC(C(=O)Nc1ccc(B2OC(C)(C)C(C)(C)O2)c(C)c1F)c1cc(F)cc(F)c1. The van der Waals surface area contributed by atoms with Gasteiger partial charge in [0.15, 0.2) is 0 Å². The van der Waals surface area contributed by atoms with Gasteiger partial charge >= 0.3 is 13.1 Å². The summed E-state index contributed by atoms with van der Waals surface area (Å²) in [6.45, 7) is 10.0. The Labute approximate surface area is 190 Å². The molecule has 0 bridgehead atoms. The van der Waals surface area contributed by atoms with Gasteiger partial charge in [0.05, 0.1) is 16.9 Å². The van der Waals surface area contributed by atoms with Gasteiger partial charge in [0.2, 0.25) is 6.10 Å². The van der Waals surface area contributed by atoms with Gasteiger partial charge in [-0.1, -0.05) is 6.07 Å². The van der Waals surface area contributed by atoms with Crippen LogP contribution in [0.15, 0.2) is 30.3 Å². The van der Waals surface area contributed by atoms with Crippen molar-refractivity contribution >= 4 is 30.1 Å². The minimum atomic E-state index is -1.69. The minimum Gasteiger partial charge on any atom is -0.447 e. The van der Waals surface area contributed by atoms with Gasteiger partial charge in [0.1, 0.15) is 17.5 Å². The first kappa shape index (κ1) is 24.8. The molecule has 0 saturated carbocycles. The summed E-state index contributed by atoms with van der Waals surface area (Å²) in [4.78, 5) is 24.3. The number of nitrogens with one attached hydrogen (secondary N) is 1. The van der Waals surface area contributed by atoms with E-state index in [1.807, 2.05) is 27.7 Å². The van der Waals surface area contributed by atoms with E-state index in [9.17, 15) is 18.4 Å². The standard InChI is InChI=1S/C23H25BF3NO5/c1-12-17(24-32-22(3,4)23(5,6)33-24)7-8-18(19(12)27)28-21(30)20(31-13(2)29)14-9-15(25)11-16(26)10-14/h7-11,20H,1-6H3,(H,28,30). The number of amides is 1. The molecule has 1 aliphatic rings. The van der Waals surface area contributed by atoms with Crippen LogP contribution in [-0.2, 0) is 23.6 Å². The zero-order valence-corrected chi connectivity index (χ0v) is 19.2. The number of anilines is 1. The van der Waals surface area contributed by atoms with E-state index in [2.05, 4.69) is 5.32 Å². The molecule has 1 aliphatic heterocycles. The molecular weight excluding hydrogens is 438 g/mol. The number of hydrogen-bond acceptors (Lipinski definition) is 5. The number of esters is 1. The second kappa shape index (κ2) is 8.83. The van der Waals surface area contributed by atoms with E-state index in [4.69, 9.17) is 14.0 Å². The predicted octanol–water partition coefficient (Wildman–Crippen LogP) is 3.95. The normalized spacial score (nSPS) is 17.5. The summed E-state index contributed by atoms with van der Waals surface area (Å²) < 4.78 is 59.3. The lowest BCUT2D eigenvalue weighted by Crippen LogP contribution is -2.41. The van der Waals surface area contributed by atoms with Crippen molar-refractivity contribution in [3.8, 4) is 0 Å². The molecule has 0 radical (unpaired) electrons. The van der Waals surface area contributed by atoms with Crippen molar-refractivity contribution in [1.82, 2.24) is 0 Å². The molecule has 176 valence electrons. The van der Waals surface area contributed by atoms with E-state index in [1.54, 1.807) is 6.07 Å². The van der Waals surface area contributed by atoms with E-state index < -0.39 is 53.8 Å². The van der Waals surface area contributed by atoms with E-state index in [-0.39, 0.29) is 16.8 Å². The second-order valence-corrected chi connectivity index (χ2v) is 8.91. The van der Waals surface area contributed by atoms with Gasteiger partial charge in [-0.25, -0.2) is 13.2 Å². The van der Waals surface area contributed by atoms with Crippen molar-refractivity contribution in [2.45, 2.75) is 58.8 Å². The monoisotopic (exact) mass is 463 g/mol. The highest BCUT2D eigenvalue weighted by Gasteiger charge is 2.52. The fourth-order valence-corrected chi connectivity index (χ4v) is 3.39. The maximum Gasteiger partial charge on any atom is 0.495 e. The van der Waals surface area contributed by atoms with Crippen LogP contribution < -0.4 is 10.8 Å². The molecule has 1 saturated heterocycles. The van der Waals surface area contributed by atoms with Crippen LogP contribution in [0.3, 0.4) is 0 Å². The van der Waals surface area contributed by atoms with Gasteiger partial charge in [0, 0.05) is 18.6 Å². The van der Waals surface area contributed by atoms with Gasteiger partial charge in [-0.05, 0) is 63.8 Å². The molecule has 0 spiro atoms. The number of hydrogen-bond donors (Lipinski definition) is 1. The van der Waals surface area contributed by atoms with Gasteiger partial charge in [-0.15, -0.1) is 0 Å². The summed E-state index contributed by atoms with van der Waals surface area (Å²) in [7, 11) is -0.807. The highest BCUT2D eigenvalue weighted by Crippen LogP contribution is 2.37. The molecule has 1 atom stereocenters. The third-order valence-corrected chi connectivity index (χ3v) is 5.90. The average Bonchev–Trinajstić information content (AvgIpc) is 2.89. The van der Waals surface area contributed by atoms with E-state index in [0.717, 1.165) is 19.1 Å². The quantitative estimate of drug-likeness (QED) is 0.537. The Bertz CT molecular complexity index is 1070. The summed E-state index contributed by atoms with van der Waals surface area (Å²) in [6.07, 6.45) is -1.69. The molecule has 0 aromatic heterocycles. The topological polar surface area (TPSA) is 73.9 Å². The molecule has 2 aromatic rings. The molecule has 1 unspecified atom stereocenters. The average molecular weight is 463 g/mol. The third kappa shape index (κ3) is 5.06. The lowest BCUT2D eigenvalue weighted by molar-refractivity contribution is -0.152. The first-order valence-corrected chi connectivity index (χ1v) is 10.3. The molecule has 1 N–H and O–H groups in total. The summed E-state index contributed by atoms with van der Waals surface area (Å²) in [6, 6.07) is 5.21. The number of halogens is 3. The molecule has 2 aromatic carbocycles. The number of benzene rings is 2. The van der Waals surface area contributed by atoms with Crippen molar-refractivity contribution < 1.29 is 36.8 Å². The molecule has 0 aliphatic carbocycles. The molecular formula is C23H25BF3NO5. The predicted molar refractivity (Wildman–Crippen MR) is 116 cm³/mol. The molecule has 1 heterocycles. The fraction of sp³-hybridized carbons (Fsp3) is 0.391. The number of carbonyl (C=O) groups is 2. The molecule has 10 heteroatoms. The fourth-order valence-electron chi connectivity index (χ4n) is 3.39. The van der Waals surface area contributed by atoms with Crippen molar-refractivity contribution in [3.63, 3.8) is 0 Å². The Morgan fingerprint density at radius 2 is 1.55 bits per heavy atom. The smallest absolute Gasteiger partial charge is 0.447 e. The maximum absolute atomic E-state index is 15.2. The van der Waals surface area contributed by atoms with Crippen LogP contribution >= 0.6 is 0 Å². The van der Waals surface area contributed by atoms with E-state index >= 15 is 4.39 Å². The van der Waals surface area contributed by atoms with Crippen LogP contribution in [0.2, 0.25) is 0 Å². The first-order chi connectivity index (χ1) is 15.2.